The van der Waals surface area contributed by atoms with Crippen LogP contribution < -0.4 is 0 Å². The summed E-state index contributed by atoms with van der Waals surface area (Å²) in [6.45, 7) is 11.8. The number of aliphatic hydroxyl groups is 1. The third-order valence-electron chi connectivity index (χ3n) is 17.6. The smallest absolute Gasteiger partial charge is 0.462 e. The maximum Gasteiger partial charge on any atom is 0.472 e. The molecule has 3 N–H and O–H groups in total. The van der Waals surface area contributed by atoms with Gasteiger partial charge in [0.1, 0.15) is 19.3 Å². The molecule has 0 saturated heterocycles. The van der Waals surface area contributed by atoms with Crippen LogP contribution in [0, 0.1) is 17.8 Å². The lowest BCUT2D eigenvalue weighted by atomic mass is 10.00. The number of carbonyl (C=O) groups is 4. The van der Waals surface area contributed by atoms with Crippen molar-refractivity contribution in [2.24, 2.45) is 17.8 Å². The first-order chi connectivity index (χ1) is 44.3. The number of hydrogen-bond donors (Lipinski definition) is 3. The zero-order valence-corrected chi connectivity index (χ0v) is 61.8. The Kier molecular flexibility index (Phi) is 62.4. The van der Waals surface area contributed by atoms with E-state index < -0.39 is 97.5 Å². The van der Waals surface area contributed by atoms with Gasteiger partial charge in [-0.25, -0.2) is 9.13 Å². The van der Waals surface area contributed by atoms with Crippen molar-refractivity contribution in [1.82, 2.24) is 0 Å². The third-order valence-corrected chi connectivity index (χ3v) is 19.5. The van der Waals surface area contributed by atoms with Gasteiger partial charge in [0.25, 0.3) is 0 Å². The summed E-state index contributed by atoms with van der Waals surface area (Å²) in [7, 11) is -9.91. The molecular weight excluding hydrogens is 1210 g/mol. The first kappa shape index (κ1) is 90.1. The molecule has 92 heavy (non-hydrogen) atoms. The van der Waals surface area contributed by atoms with Crippen LogP contribution in [0.4, 0.5) is 0 Å². The minimum atomic E-state index is -4.96. The minimum Gasteiger partial charge on any atom is -0.462 e. The van der Waals surface area contributed by atoms with E-state index in [1.807, 2.05) is 0 Å². The molecule has 0 spiro atoms. The van der Waals surface area contributed by atoms with Crippen LogP contribution in [0.25, 0.3) is 0 Å². The summed E-state index contributed by atoms with van der Waals surface area (Å²) in [6.07, 6.45) is 48.6. The van der Waals surface area contributed by atoms with Crippen molar-refractivity contribution in [2.75, 3.05) is 39.6 Å². The van der Waals surface area contributed by atoms with E-state index in [4.69, 9.17) is 37.0 Å². The van der Waals surface area contributed by atoms with Crippen molar-refractivity contribution in [3.05, 3.63) is 0 Å². The number of aliphatic hydroxyl groups excluding tert-OH is 1. The van der Waals surface area contributed by atoms with E-state index >= 15 is 0 Å². The van der Waals surface area contributed by atoms with Gasteiger partial charge in [0.2, 0.25) is 0 Å². The van der Waals surface area contributed by atoms with Crippen LogP contribution in [0.3, 0.4) is 0 Å². The quantitative estimate of drug-likeness (QED) is 0.0222. The normalized spacial score (nSPS) is 14.7. The molecule has 0 aromatic rings. The number of phosphoric ester groups is 2. The summed E-state index contributed by atoms with van der Waals surface area (Å²) < 4.78 is 68.4. The number of carbonyl (C=O) groups excluding carboxylic acids is 4. The van der Waals surface area contributed by atoms with Crippen molar-refractivity contribution in [2.45, 2.75) is 388 Å². The van der Waals surface area contributed by atoms with Gasteiger partial charge in [0.15, 0.2) is 12.2 Å². The molecule has 0 aliphatic heterocycles. The Bertz CT molecular complexity index is 1810. The Balaban J connectivity index is 5.24. The van der Waals surface area contributed by atoms with Gasteiger partial charge in [-0.2, -0.15) is 0 Å². The highest BCUT2D eigenvalue weighted by molar-refractivity contribution is 7.47. The summed E-state index contributed by atoms with van der Waals surface area (Å²) in [6, 6.07) is 0. The monoisotopic (exact) mass is 1350 g/mol. The van der Waals surface area contributed by atoms with Gasteiger partial charge in [-0.15, -0.1) is 0 Å². The zero-order chi connectivity index (χ0) is 68.0. The highest BCUT2D eigenvalue weighted by Crippen LogP contribution is 2.45. The zero-order valence-electron chi connectivity index (χ0n) is 60.0. The summed E-state index contributed by atoms with van der Waals surface area (Å²) in [5, 5.41) is 10.6. The number of ether oxygens (including phenoxy) is 4. The van der Waals surface area contributed by atoms with Crippen LogP contribution in [-0.4, -0.2) is 96.7 Å². The fraction of sp³-hybridized carbons (Fsp3) is 0.945. The molecule has 0 heterocycles. The highest BCUT2D eigenvalue weighted by Gasteiger charge is 2.30. The van der Waals surface area contributed by atoms with E-state index in [0.29, 0.717) is 25.7 Å². The van der Waals surface area contributed by atoms with Crippen LogP contribution in [0.1, 0.15) is 370 Å². The van der Waals surface area contributed by atoms with Crippen LogP contribution in [0.2, 0.25) is 0 Å². The average molecular weight is 1350 g/mol. The number of esters is 4. The maximum atomic E-state index is 13.1. The predicted octanol–water partition coefficient (Wildman–Crippen LogP) is 21.0. The topological polar surface area (TPSA) is 237 Å². The van der Waals surface area contributed by atoms with Gasteiger partial charge >= 0.3 is 39.5 Å². The highest BCUT2D eigenvalue weighted by atomic mass is 31.2. The fourth-order valence-electron chi connectivity index (χ4n) is 11.0. The number of hydrogen-bond acceptors (Lipinski definition) is 15. The molecule has 0 bridgehead atoms. The van der Waals surface area contributed by atoms with Crippen molar-refractivity contribution >= 4 is 39.5 Å². The van der Waals surface area contributed by atoms with Gasteiger partial charge in [0.05, 0.1) is 26.4 Å². The molecule has 0 aromatic heterocycles. The first-order valence-electron chi connectivity index (χ1n) is 37.9. The third kappa shape index (κ3) is 64.1. The summed E-state index contributed by atoms with van der Waals surface area (Å²) in [5.74, 6) is 0.112. The summed E-state index contributed by atoms with van der Waals surface area (Å²) in [4.78, 5) is 72.7. The van der Waals surface area contributed by atoms with E-state index in [0.717, 1.165) is 114 Å². The van der Waals surface area contributed by atoms with Gasteiger partial charge in [-0.3, -0.25) is 37.3 Å². The lowest BCUT2D eigenvalue weighted by Crippen LogP contribution is -2.30. The summed E-state index contributed by atoms with van der Waals surface area (Å²) in [5.41, 5.74) is 0. The molecule has 0 fully saturated rings. The van der Waals surface area contributed by atoms with Crippen LogP contribution in [0.5, 0.6) is 0 Å². The molecule has 4 unspecified atom stereocenters. The molecule has 0 radical (unpaired) electrons. The number of rotatable bonds is 71. The minimum absolute atomic E-state index is 0.102. The number of unbranched alkanes of at least 4 members (excludes halogenated alkanes) is 37. The van der Waals surface area contributed by atoms with E-state index in [1.165, 1.54) is 173 Å². The van der Waals surface area contributed by atoms with E-state index in [9.17, 15) is 43.2 Å². The Morgan fingerprint density at radius 3 is 0.826 bits per heavy atom. The van der Waals surface area contributed by atoms with E-state index in [-0.39, 0.29) is 25.7 Å². The largest absolute Gasteiger partial charge is 0.472 e. The van der Waals surface area contributed by atoms with Gasteiger partial charge in [-0.1, -0.05) is 318 Å². The molecule has 0 saturated carbocycles. The van der Waals surface area contributed by atoms with Crippen molar-refractivity contribution in [1.29, 1.82) is 0 Å². The SMILES string of the molecule is CCCCCCCCCCCCCCCCCCC(=O)OC[C@H](COP(=O)(O)OC[C@@H](O)COP(=O)(O)OC[C@@H](COC(=O)CCCCCCCCC(C)CC)OC(=O)CCCCCCCCC(C)CC)OC(=O)CCCCCCCCCCCCCCCC(C)C. The molecule has 0 aromatic carbocycles. The molecule has 7 atom stereocenters. The average Bonchev–Trinajstić information content (AvgIpc) is 1.55. The van der Waals surface area contributed by atoms with Gasteiger partial charge < -0.3 is 33.8 Å². The number of phosphoric acid groups is 2. The molecule has 19 heteroatoms. The van der Waals surface area contributed by atoms with E-state index in [2.05, 4.69) is 48.5 Å². The van der Waals surface area contributed by atoms with Crippen LogP contribution in [0.15, 0.2) is 0 Å². The molecule has 17 nitrogen and oxygen atoms in total. The van der Waals surface area contributed by atoms with Gasteiger partial charge in [0, 0.05) is 25.7 Å². The van der Waals surface area contributed by atoms with Crippen molar-refractivity contribution in [3.8, 4) is 0 Å². The van der Waals surface area contributed by atoms with Crippen LogP contribution >= 0.6 is 15.6 Å². The molecule has 0 rings (SSSR count). The lowest BCUT2D eigenvalue weighted by molar-refractivity contribution is -0.161. The van der Waals surface area contributed by atoms with E-state index in [1.54, 1.807) is 0 Å². The van der Waals surface area contributed by atoms with Crippen LogP contribution in [-0.2, 0) is 65.4 Å². The second-order valence-corrected chi connectivity index (χ2v) is 30.2. The summed E-state index contributed by atoms with van der Waals surface area (Å²) >= 11 is 0. The molecule has 0 aliphatic carbocycles. The molecule has 546 valence electrons. The standard InChI is InChI=1S/C73H142O17P2/c1-8-11-12-13-14-15-16-17-18-19-22-25-28-31-40-47-54-70(75)83-60-68(89-72(77)56-49-42-32-29-26-23-20-21-24-27-30-37-44-51-64(4)5)62-87-91(79,80)85-58-67(74)59-86-92(81,82)88-63-69(90-73(78)57-50-43-36-34-39-46-53-66(7)10-3)61-84-71(76)55-48-41-35-33-38-45-52-65(6)9-2/h64-69,74H,8-63H2,1-7H3,(H,79,80)(H,81,82)/t65?,66?,67-,68-,69-/m1/s1. The predicted molar refractivity (Wildman–Crippen MR) is 372 cm³/mol. The Hall–Kier alpha value is -1.94. The maximum absolute atomic E-state index is 13.1. The van der Waals surface area contributed by atoms with Crippen molar-refractivity contribution < 1.29 is 80.2 Å². The van der Waals surface area contributed by atoms with Gasteiger partial charge in [-0.05, 0) is 43.4 Å². The molecule has 0 amide bonds. The Morgan fingerprint density at radius 1 is 0.315 bits per heavy atom. The Labute approximate surface area is 562 Å². The lowest BCUT2D eigenvalue weighted by Gasteiger charge is -2.21. The second kappa shape index (κ2) is 63.8. The molecule has 0 aliphatic rings. The first-order valence-corrected chi connectivity index (χ1v) is 40.9. The fourth-order valence-corrected chi connectivity index (χ4v) is 12.6. The Morgan fingerprint density at radius 2 is 0.554 bits per heavy atom. The van der Waals surface area contributed by atoms with Crippen molar-refractivity contribution in [3.63, 3.8) is 0 Å². The molecular formula is C73H142O17P2. The second-order valence-electron chi connectivity index (χ2n) is 27.3.